The Morgan fingerprint density at radius 1 is 1.46 bits per heavy atom. The van der Waals surface area contributed by atoms with Crippen LogP contribution in [0.2, 0.25) is 0 Å². The SMILES string of the molecule is CCC[C@H](C)N1C[C@H](C(=O)NCc2cn3ccccc3n2)CC1=O. The van der Waals surface area contributed by atoms with Crippen LogP contribution in [-0.2, 0) is 16.1 Å². The van der Waals surface area contributed by atoms with Crippen LogP contribution in [0.1, 0.15) is 38.8 Å². The molecule has 24 heavy (non-hydrogen) atoms. The number of fused-ring (bicyclic) bond motifs is 1. The van der Waals surface area contributed by atoms with E-state index in [4.69, 9.17) is 0 Å². The molecule has 1 saturated heterocycles. The summed E-state index contributed by atoms with van der Waals surface area (Å²) in [4.78, 5) is 30.8. The van der Waals surface area contributed by atoms with Gasteiger partial charge >= 0.3 is 0 Å². The molecule has 0 aromatic carbocycles. The maximum absolute atomic E-state index is 12.4. The lowest BCUT2D eigenvalue weighted by atomic mass is 10.1. The Morgan fingerprint density at radius 3 is 3.04 bits per heavy atom. The molecule has 2 aromatic heterocycles. The smallest absolute Gasteiger partial charge is 0.225 e. The maximum Gasteiger partial charge on any atom is 0.225 e. The standard InChI is InChI=1S/C18H24N4O2/c1-3-6-13(2)22-11-14(9-17(22)23)18(24)19-10-15-12-21-8-5-4-7-16(21)20-15/h4-5,7-8,12-14H,3,6,9-11H2,1-2H3,(H,19,24)/t13-,14+/m0/s1. The number of rotatable bonds is 6. The van der Waals surface area contributed by atoms with Crippen LogP contribution < -0.4 is 5.32 Å². The van der Waals surface area contributed by atoms with Gasteiger partial charge in [0.05, 0.1) is 18.2 Å². The lowest BCUT2D eigenvalue weighted by molar-refractivity contribution is -0.130. The third-order valence-corrected chi connectivity index (χ3v) is 4.63. The first-order valence-corrected chi connectivity index (χ1v) is 8.58. The Morgan fingerprint density at radius 2 is 2.29 bits per heavy atom. The van der Waals surface area contributed by atoms with Crippen LogP contribution >= 0.6 is 0 Å². The van der Waals surface area contributed by atoms with Gasteiger partial charge in [0.1, 0.15) is 5.65 Å². The zero-order valence-corrected chi connectivity index (χ0v) is 14.2. The molecule has 3 rings (SSSR count). The zero-order valence-electron chi connectivity index (χ0n) is 14.2. The highest BCUT2D eigenvalue weighted by Gasteiger charge is 2.36. The second-order valence-corrected chi connectivity index (χ2v) is 6.50. The first kappa shape index (κ1) is 16.5. The van der Waals surface area contributed by atoms with Crippen LogP contribution in [0.3, 0.4) is 0 Å². The van der Waals surface area contributed by atoms with Crippen molar-refractivity contribution >= 4 is 17.5 Å². The summed E-state index contributed by atoms with van der Waals surface area (Å²) in [5, 5.41) is 2.92. The lowest BCUT2D eigenvalue weighted by Gasteiger charge is -2.24. The number of aromatic nitrogens is 2. The summed E-state index contributed by atoms with van der Waals surface area (Å²) in [5.41, 5.74) is 1.67. The summed E-state index contributed by atoms with van der Waals surface area (Å²) in [5.74, 6) is -0.232. The number of pyridine rings is 1. The van der Waals surface area contributed by atoms with Crippen LogP contribution in [0.5, 0.6) is 0 Å². The second kappa shape index (κ2) is 7.03. The first-order chi connectivity index (χ1) is 11.6. The van der Waals surface area contributed by atoms with Crippen molar-refractivity contribution in [1.82, 2.24) is 19.6 Å². The molecule has 0 bridgehead atoms. The molecule has 6 nitrogen and oxygen atoms in total. The molecule has 128 valence electrons. The van der Waals surface area contributed by atoms with Gasteiger partial charge in [0.2, 0.25) is 11.8 Å². The molecule has 6 heteroatoms. The van der Waals surface area contributed by atoms with Crippen molar-refractivity contribution in [3.05, 3.63) is 36.3 Å². The Hall–Kier alpha value is -2.37. The number of hydrogen-bond acceptors (Lipinski definition) is 3. The fraction of sp³-hybridized carbons (Fsp3) is 0.500. The highest BCUT2D eigenvalue weighted by atomic mass is 16.2. The van der Waals surface area contributed by atoms with Gasteiger partial charge in [-0.1, -0.05) is 19.4 Å². The van der Waals surface area contributed by atoms with Crippen LogP contribution in [0, 0.1) is 5.92 Å². The summed E-state index contributed by atoms with van der Waals surface area (Å²) in [6, 6.07) is 6.00. The van der Waals surface area contributed by atoms with Crippen molar-refractivity contribution in [2.45, 2.75) is 45.7 Å². The van der Waals surface area contributed by atoms with Crippen LogP contribution in [0.4, 0.5) is 0 Å². The number of carbonyl (C=O) groups is 2. The number of nitrogens with zero attached hydrogens (tertiary/aromatic N) is 3. The molecule has 3 heterocycles. The molecule has 1 aliphatic heterocycles. The Labute approximate surface area is 141 Å². The number of nitrogens with one attached hydrogen (secondary N) is 1. The quantitative estimate of drug-likeness (QED) is 0.882. The number of carbonyl (C=O) groups excluding carboxylic acids is 2. The van der Waals surface area contributed by atoms with E-state index < -0.39 is 0 Å². The minimum atomic E-state index is -0.256. The van der Waals surface area contributed by atoms with Crippen LogP contribution in [0.25, 0.3) is 5.65 Å². The van der Waals surface area contributed by atoms with E-state index >= 15 is 0 Å². The Kier molecular flexibility index (Phi) is 4.83. The Bertz CT molecular complexity index is 706. The summed E-state index contributed by atoms with van der Waals surface area (Å²) < 4.78 is 1.93. The van der Waals surface area contributed by atoms with E-state index in [1.54, 1.807) is 0 Å². The molecule has 2 aromatic rings. The molecular weight excluding hydrogens is 304 g/mol. The van der Waals surface area contributed by atoms with Gasteiger partial charge in [-0.25, -0.2) is 4.98 Å². The monoisotopic (exact) mass is 328 g/mol. The fourth-order valence-corrected chi connectivity index (χ4v) is 3.30. The molecule has 0 aliphatic carbocycles. The van der Waals surface area contributed by atoms with Crippen molar-refractivity contribution in [2.75, 3.05) is 6.54 Å². The third kappa shape index (κ3) is 3.42. The van der Waals surface area contributed by atoms with Gasteiger partial charge in [0.25, 0.3) is 0 Å². The molecule has 0 unspecified atom stereocenters. The second-order valence-electron chi connectivity index (χ2n) is 6.50. The molecule has 2 amide bonds. The topological polar surface area (TPSA) is 66.7 Å². The van der Waals surface area contributed by atoms with Gasteiger partial charge in [-0.2, -0.15) is 0 Å². The minimum Gasteiger partial charge on any atom is -0.350 e. The average molecular weight is 328 g/mol. The lowest BCUT2D eigenvalue weighted by Crippen LogP contribution is -2.36. The van der Waals surface area contributed by atoms with Crippen molar-refractivity contribution in [3.63, 3.8) is 0 Å². The van der Waals surface area contributed by atoms with E-state index in [9.17, 15) is 9.59 Å². The van der Waals surface area contributed by atoms with Crippen LogP contribution in [-0.4, -0.2) is 38.7 Å². The van der Waals surface area contributed by atoms with Crippen LogP contribution in [0.15, 0.2) is 30.6 Å². The van der Waals surface area contributed by atoms with E-state index in [-0.39, 0.29) is 23.8 Å². The largest absolute Gasteiger partial charge is 0.350 e. The highest BCUT2D eigenvalue weighted by molar-refractivity contribution is 5.89. The molecule has 1 N–H and O–H groups in total. The van der Waals surface area contributed by atoms with Gasteiger partial charge in [-0.3, -0.25) is 9.59 Å². The van der Waals surface area contributed by atoms with Gasteiger partial charge < -0.3 is 14.6 Å². The minimum absolute atomic E-state index is 0.0633. The summed E-state index contributed by atoms with van der Waals surface area (Å²) in [7, 11) is 0. The average Bonchev–Trinajstić information content (AvgIpc) is 3.16. The molecular formula is C18H24N4O2. The molecule has 2 atom stereocenters. The van der Waals surface area contributed by atoms with Crippen molar-refractivity contribution in [2.24, 2.45) is 5.92 Å². The van der Waals surface area contributed by atoms with E-state index in [0.717, 1.165) is 24.2 Å². The van der Waals surface area contributed by atoms with E-state index in [1.807, 2.05) is 39.9 Å². The predicted molar refractivity (Wildman–Crippen MR) is 91.2 cm³/mol. The van der Waals surface area contributed by atoms with Gasteiger partial charge in [-0.05, 0) is 25.5 Å². The molecule has 0 saturated carbocycles. The van der Waals surface area contributed by atoms with Crippen molar-refractivity contribution < 1.29 is 9.59 Å². The van der Waals surface area contributed by atoms with E-state index in [1.165, 1.54) is 0 Å². The number of hydrogen-bond donors (Lipinski definition) is 1. The molecule has 0 spiro atoms. The number of likely N-dealkylation sites (tertiary alicyclic amines) is 1. The predicted octanol–water partition coefficient (Wildman–Crippen LogP) is 1.99. The normalized spacial score (nSPS) is 19.0. The van der Waals surface area contributed by atoms with Gasteiger partial charge in [-0.15, -0.1) is 0 Å². The van der Waals surface area contributed by atoms with Crippen molar-refractivity contribution in [3.8, 4) is 0 Å². The third-order valence-electron chi connectivity index (χ3n) is 4.63. The summed E-state index contributed by atoms with van der Waals surface area (Å²) in [6.07, 6.45) is 6.16. The summed E-state index contributed by atoms with van der Waals surface area (Å²) >= 11 is 0. The zero-order chi connectivity index (χ0) is 17.1. The summed E-state index contributed by atoms with van der Waals surface area (Å²) in [6.45, 7) is 5.07. The number of amides is 2. The van der Waals surface area contributed by atoms with Gasteiger partial charge in [0.15, 0.2) is 0 Å². The van der Waals surface area contributed by atoms with Gasteiger partial charge in [0, 0.05) is 31.4 Å². The number of imidazole rings is 1. The fourth-order valence-electron chi connectivity index (χ4n) is 3.30. The maximum atomic E-state index is 12.4. The van der Waals surface area contributed by atoms with E-state index in [0.29, 0.717) is 19.5 Å². The highest BCUT2D eigenvalue weighted by Crippen LogP contribution is 2.22. The Balaban J connectivity index is 1.56. The molecule has 1 fully saturated rings. The molecule has 1 aliphatic rings. The van der Waals surface area contributed by atoms with Crippen molar-refractivity contribution in [1.29, 1.82) is 0 Å². The molecule has 0 radical (unpaired) electrons. The first-order valence-electron chi connectivity index (χ1n) is 8.58. The van der Waals surface area contributed by atoms with E-state index in [2.05, 4.69) is 24.1 Å².